The van der Waals surface area contributed by atoms with E-state index in [9.17, 15) is 0 Å². The van der Waals surface area contributed by atoms with Gasteiger partial charge < -0.3 is 0 Å². The number of hydrogen-bond acceptors (Lipinski definition) is 3. The van der Waals surface area contributed by atoms with Gasteiger partial charge in [0.1, 0.15) is 0 Å². The molecule has 286 valence electrons. The highest BCUT2D eigenvalue weighted by molar-refractivity contribution is 7.25. The number of rotatable bonds is 6. The molecular formula is C58H38N2S. The molecule has 11 aromatic rings. The molecule has 2 nitrogen and oxygen atoms in total. The van der Waals surface area contributed by atoms with Gasteiger partial charge in [0, 0.05) is 42.3 Å². The Balaban J connectivity index is 1.11. The summed E-state index contributed by atoms with van der Waals surface area (Å²) < 4.78 is 2.59. The molecule has 0 fully saturated rings. The van der Waals surface area contributed by atoms with E-state index in [1.807, 2.05) is 17.4 Å². The van der Waals surface area contributed by atoms with E-state index >= 15 is 0 Å². The third-order valence-corrected chi connectivity index (χ3v) is 13.9. The van der Waals surface area contributed by atoms with Gasteiger partial charge in [-0.05, 0) is 104 Å². The molecule has 0 saturated heterocycles. The minimum Gasteiger partial charge on any atom is -0.228 e. The van der Waals surface area contributed by atoms with E-state index in [1.165, 1.54) is 69.9 Å². The molecule has 1 aliphatic carbocycles. The van der Waals surface area contributed by atoms with Crippen molar-refractivity contribution in [3.05, 3.63) is 229 Å². The number of nitrogens with zero attached hydrogens (tertiary/aromatic N) is 2. The van der Waals surface area contributed by atoms with Gasteiger partial charge in [0.25, 0.3) is 0 Å². The van der Waals surface area contributed by atoms with E-state index < -0.39 is 0 Å². The van der Waals surface area contributed by atoms with Crippen molar-refractivity contribution in [1.29, 1.82) is 0 Å². The quantitative estimate of drug-likeness (QED) is 0.168. The molecule has 1 unspecified atom stereocenters. The highest BCUT2D eigenvalue weighted by Gasteiger charge is 2.41. The van der Waals surface area contributed by atoms with Gasteiger partial charge in [0.05, 0.1) is 11.4 Å². The van der Waals surface area contributed by atoms with Crippen LogP contribution in [0.4, 0.5) is 0 Å². The highest BCUT2D eigenvalue weighted by Crippen LogP contribution is 2.55. The van der Waals surface area contributed by atoms with Crippen molar-refractivity contribution in [3.63, 3.8) is 0 Å². The van der Waals surface area contributed by atoms with Crippen molar-refractivity contribution in [2.45, 2.75) is 12.3 Å². The molecule has 0 amide bonds. The molecule has 0 spiro atoms. The Kier molecular flexibility index (Phi) is 8.19. The second-order valence-corrected chi connectivity index (χ2v) is 17.3. The summed E-state index contributed by atoms with van der Waals surface area (Å²) in [5.41, 5.74) is 15.6. The van der Waals surface area contributed by atoms with Crippen LogP contribution in [0.2, 0.25) is 0 Å². The summed E-state index contributed by atoms with van der Waals surface area (Å²) in [5.74, 6) is 0.701. The first kappa shape index (κ1) is 35.5. The maximum atomic E-state index is 5.42. The first-order chi connectivity index (χ1) is 30.1. The summed E-state index contributed by atoms with van der Waals surface area (Å²) in [5, 5.41) is 5.04. The largest absolute Gasteiger partial charge is 0.228 e. The summed E-state index contributed by atoms with van der Waals surface area (Å²) in [4.78, 5) is 10.8. The summed E-state index contributed by atoms with van der Waals surface area (Å²) >= 11 is 1.86. The predicted octanol–water partition coefficient (Wildman–Crippen LogP) is 15.7. The molecule has 0 radical (unpaired) electrons. The minimum atomic E-state index is -0.321. The van der Waals surface area contributed by atoms with E-state index in [0.29, 0.717) is 5.82 Å². The second kappa shape index (κ2) is 14.1. The zero-order chi connectivity index (χ0) is 40.5. The minimum absolute atomic E-state index is 0.321. The van der Waals surface area contributed by atoms with Crippen LogP contribution < -0.4 is 0 Å². The Morgan fingerprint density at radius 1 is 0.377 bits per heavy atom. The van der Waals surface area contributed by atoms with Crippen LogP contribution in [0.1, 0.15) is 23.6 Å². The van der Waals surface area contributed by atoms with Crippen LogP contribution in [0.3, 0.4) is 0 Å². The van der Waals surface area contributed by atoms with Crippen LogP contribution in [-0.4, -0.2) is 9.97 Å². The molecular weight excluding hydrogens is 757 g/mol. The molecule has 12 rings (SSSR count). The fraction of sp³-hybridized carbons (Fsp3) is 0.0345. The smallest absolute Gasteiger partial charge is 0.160 e. The first-order valence-corrected chi connectivity index (χ1v) is 21.7. The van der Waals surface area contributed by atoms with Crippen molar-refractivity contribution in [2.24, 2.45) is 0 Å². The monoisotopic (exact) mass is 794 g/mol. The third-order valence-electron chi connectivity index (χ3n) is 12.8. The topological polar surface area (TPSA) is 25.8 Å². The van der Waals surface area contributed by atoms with Crippen LogP contribution in [0, 0.1) is 0 Å². The Bertz CT molecular complexity index is 3490. The van der Waals surface area contributed by atoms with E-state index in [-0.39, 0.29) is 5.41 Å². The van der Waals surface area contributed by atoms with Gasteiger partial charge >= 0.3 is 0 Å². The standard InChI is InChI=1S/C58H38N2S/c1-58(43-20-6-3-7-21-43)50-27-12-10-24-48(50)56-49(26-15-28-51(56)58)53-36-52(59-57(60-53)38-17-4-2-5-18-38)42-33-40(32-41(34-42)45-25-14-19-37-16-8-9-22-44(37)45)39-30-31-47-46-23-11-13-29-54(46)61-55(47)35-39/h2-36H,1H3. The Labute approximate surface area is 359 Å². The number of benzene rings is 9. The maximum absolute atomic E-state index is 5.42. The average molecular weight is 795 g/mol. The highest BCUT2D eigenvalue weighted by atomic mass is 32.1. The lowest BCUT2D eigenvalue weighted by Crippen LogP contribution is -2.22. The van der Waals surface area contributed by atoms with Gasteiger partial charge in [-0.3, -0.25) is 0 Å². The SMILES string of the molecule is CC1(c2ccccc2)c2ccccc2-c2c(-c3cc(-c4cc(-c5ccc6c(c5)sc5ccccc56)cc(-c5cccc6ccccc56)c4)nc(-c4ccccc4)n3)cccc21. The third kappa shape index (κ3) is 5.77. The van der Waals surface area contributed by atoms with Crippen molar-refractivity contribution in [3.8, 4) is 67.3 Å². The number of thiophene rings is 1. The molecule has 0 bridgehead atoms. The van der Waals surface area contributed by atoms with Crippen molar-refractivity contribution in [1.82, 2.24) is 9.97 Å². The fourth-order valence-corrected chi connectivity index (χ4v) is 10.9. The fourth-order valence-electron chi connectivity index (χ4n) is 9.77. The van der Waals surface area contributed by atoms with Crippen LogP contribution in [-0.2, 0) is 5.41 Å². The van der Waals surface area contributed by atoms with E-state index in [0.717, 1.165) is 39.2 Å². The predicted molar refractivity (Wildman–Crippen MR) is 257 cm³/mol. The lowest BCUT2D eigenvalue weighted by atomic mass is 9.74. The molecule has 61 heavy (non-hydrogen) atoms. The molecule has 1 aliphatic rings. The van der Waals surface area contributed by atoms with Crippen LogP contribution in [0.25, 0.3) is 98.2 Å². The van der Waals surface area contributed by atoms with Gasteiger partial charge in [0.2, 0.25) is 0 Å². The molecule has 2 aromatic heterocycles. The Hall–Kier alpha value is -7.46. The van der Waals surface area contributed by atoms with Crippen LogP contribution >= 0.6 is 11.3 Å². The average Bonchev–Trinajstić information content (AvgIpc) is 3.84. The zero-order valence-electron chi connectivity index (χ0n) is 33.5. The maximum Gasteiger partial charge on any atom is 0.160 e. The van der Waals surface area contributed by atoms with Crippen molar-refractivity contribution in [2.75, 3.05) is 0 Å². The molecule has 0 N–H and O–H groups in total. The molecule has 0 saturated carbocycles. The van der Waals surface area contributed by atoms with E-state index in [1.54, 1.807) is 0 Å². The summed E-state index contributed by atoms with van der Waals surface area (Å²) in [6.45, 7) is 2.37. The molecule has 3 heteroatoms. The molecule has 0 aliphatic heterocycles. The summed E-state index contributed by atoms with van der Waals surface area (Å²) in [6, 6.07) is 77.1. The Morgan fingerprint density at radius 2 is 1.00 bits per heavy atom. The molecule has 1 atom stereocenters. The van der Waals surface area contributed by atoms with Crippen LogP contribution in [0.5, 0.6) is 0 Å². The second-order valence-electron chi connectivity index (χ2n) is 16.2. The number of fused-ring (bicyclic) bond motifs is 7. The zero-order valence-corrected chi connectivity index (χ0v) is 34.3. The van der Waals surface area contributed by atoms with Gasteiger partial charge in [-0.2, -0.15) is 0 Å². The van der Waals surface area contributed by atoms with Gasteiger partial charge in [-0.1, -0.05) is 176 Å². The van der Waals surface area contributed by atoms with Gasteiger partial charge in [-0.15, -0.1) is 11.3 Å². The normalized spacial score (nSPS) is 14.4. The Morgan fingerprint density at radius 3 is 1.89 bits per heavy atom. The summed E-state index contributed by atoms with van der Waals surface area (Å²) in [7, 11) is 0. The van der Waals surface area contributed by atoms with Crippen LogP contribution in [0.15, 0.2) is 212 Å². The lowest BCUT2D eigenvalue weighted by molar-refractivity contribution is 0.714. The first-order valence-electron chi connectivity index (χ1n) is 20.9. The van der Waals surface area contributed by atoms with Crippen molar-refractivity contribution < 1.29 is 0 Å². The lowest BCUT2D eigenvalue weighted by Gasteiger charge is -2.28. The van der Waals surface area contributed by atoms with Gasteiger partial charge in [-0.25, -0.2) is 9.97 Å². The molecule has 2 heterocycles. The number of hydrogen-bond donors (Lipinski definition) is 0. The summed E-state index contributed by atoms with van der Waals surface area (Å²) in [6.07, 6.45) is 0. The van der Waals surface area contributed by atoms with Gasteiger partial charge in [0.15, 0.2) is 5.82 Å². The van der Waals surface area contributed by atoms with E-state index in [2.05, 4.69) is 213 Å². The molecule has 9 aromatic carbocycles. The van der Waals surface area contributed by atoms with E-state index in [4.69, 9.17) is 9.97 Å². The van der Waals surface area contributed by atoms with Crippen molar-refractivity contribution >= 4 is 42.3 Å². The number of aromatic nitrogens is 2.